The summed E-state index contributed by atoms with van der Waals surface area (Å²) in [4.78, 5) is 2.41. The van der Waals surface area contributed by atoms with Crippen LogP contribution in [0.4, 0.5) is 4.39 Å². The number of hydrogen-bond donors (Lipinski definition) is 0. The Morgan fingerprint density at radius 3 is 2.50 bits per heavy atom. The topological polar surface area (TPSA) is 3.24 Å². The first-order valence-corrected chi connectivity index (χ1v) is 5.86. The van der Waals surface area contributed by atoms with Crippen molar-refractivity contribution >= 4 is 15.9 Å². The average molecular weight is 238 g/mol. The number of hydrogen-bond acceptors (Lipinski definition) is 1. The minimum Gasteiger partial charge on any atom is -0.299 e. The van der Waals surface area contributed by atoms with Gasteiger partial charge in [-0.05, 0) is 19.3 Å². The first kappa shape index (κ1) is 10.5. The van der Waals surface area contributed by atoms with E-state index in [2.05, 4.69) is 20.8 Å². The Hall–Kier alpha value is 0.370. The molecule has 12 heavy (non-hydrogen) atoms. The summed E-state index contributed by atoms with van der Waals surface area (Å²) in [7, 11) is 0. The van der Waals surface area contributed by atoms with Gasteiger partial charge >= 0.3 is 0 Å². The first-order chi connectivity index (χ1) is 5.88. The van der Waals surface area contributed by atoms with Gasteiger partial charge in [-0.25, -0.2) is 0 Å². The van der Waals surface area contributed by atoms with Gasteiger partial charge in [0.1, 0.15) is 0 Å². The molecule has 0 atom stereocenters. The highest BCUT2D eigenvalue weighted by Gasteiger charge is 2.23. The van der Waals surface area contributed by atoms with E-state index in [0.717, 1.165) is 24.5 Å². The molecule has 0 unspecified atom stereocenters. The van der Waals surface area contributed by atoms with E-state index >= 15 is 0 Å². The second kappa shape index (κ2) is 5.92. The van der Waals surface area contributed by atoms with Gasteiger partial charge in [0.05, 0.1) is 6.67 Å². The summed E-state index contributed by atoms with van der Waals surface area (Å²) in [5, 5.41) is 1.01. The van der Waals surface area contributed by atoms with Crippen molar-refractivity contribution in [2.45, 2.75) is 31.7 Å². The third-order valence-corrected chi connectivity index (χ3v) is 2.90. The van der Waals surface area contributed by atoms with Crippen LogP contribution in [0.3, 0.4) is 0 Å². The molecule has 0 aromatic carbocycles. The maximum atomic E-state index is 11.9. The molecule has 0 aliphatic heterocycles. The second-order valence-electron chi connectivity index (χ2n) is 3.35. The molecule has 1 fully saturated rings. The average Bonchev–Trinajstić information content (AvgIpc) is 1.97. The molecule has 0 bridgehead atoms. The van der Waals surface area contributed by atoms with Crippen molar-refractivity contribution < 1.29 is 4.39 Å². The summed E-state index contributed by atoms with van der Waals surface area (Å²) in [6.07, 6.45) is 4.70. The quantitative estimate of drug-likeness (QED) is 0.643. The lowest BCUT2D eigenvalue weighted by atomic mass is 9.91. The molecule has 0 aromatic rings. The predicted molar refractivity (Wildman–Crippen MR) is 53.6 cm³/mol. The minimum atomic E-state index is -0.175. The molecule has 0 aromatic heterocycles. The van der Waals surface area contributed by atoms with Gasteiger partial charge in [-0.3, -0.25) is 9.29 Å². The van der Waals surface area contributed by atoms with E-state index in [-0.39, 0.29) is 6.67 Å². The van der Waals surface area contributed by atoms with Crippen LogP contribution in [0.1, 0.15) is 25.7 Å². The van der Waals surface area contributed by atoms with E-state index in [9.17, 15) is 4.39 Å². The number of nitrogens with zero attached hydrogens (tertiary/aromatic N) is 1. The van der Waals surface area contributed by atoms with Gasteiger partial charge in [0.25, 0.3) is 0 Å². The van der Waals surface area contributed by atoms with Gasteiger partial charge in [-0.1, -0.05) is 22.4 Å². The number of alkyl halides is 2. The highest BCUT2D eigenvalue weighted by Crippen LogP contribution is 2.24. The Balaban J connectivity index is 2.17. The molecule has 1 aliphatic carbocycles. The molecule has 1 aliphatic rings. The highest BCUT2D eigenvalue weighted by atomic mass is 79.9. The summed E-state index contributed by atoms with van der Waals surface area (Å²) in [5.74, 6) is 0. The van der Waals surface area contributed by atoms with Crippen molar-refractivity contribution in [3.05, 3.63) is 0 Å². The molecule has 0 amide bonds. The highest BCUT2D eigenvalue weighted by molar-refractivity contribution is 9.09. The molecule has 0 heterocycles. The van der Waals surface area contributed by atoms with Crippen molar-refractivity contribution in [2.75, 3.05) is 25.1 Å². The van der Waals surface area contributed by atoms with Crippen LogP contribution in [-0.4, -0.2) is 36.0 Å². The van der Waals surface area contributed by atoms with Gasteiger partial charge in [0.15, 0.2) is 0 Å². The second-order valence-corrected chi connectivity index (χ2v) is 4.15. The molecule has 0 N–H and O–H groups in total. The normalized spacial score (nSPS) is 18.2. The van der Waals surface area contributed by atoms with Crippen molar-refractivity contribution in [1.29, 1.82) is 0 Å². The maximum Gasteiger partial charge on any atom is 0.0906 e. The zero-order valence-corrected chi connectivity index (χ0v) is 9.02. The van der Waals surface area contributed by atoms with Crippen molar-refractivity contribution in [1.82, 2.24) is 4.90 Å². The van der Waals surface area contributed by atoms with Gasteiger partial charge in [0, 0.05) is 24.5 Å². The smallest absolute Gasteiger partial charge is 0.0906 e. The predicted octanol–water partition coefficient (Wildman–Crippen LogP) is 2.60. The zero-order chi connectivity index (χ0) is 8.81. The van der Waals surface area contributed by atoms with E-state index in [1.54, 1.807) is 0 Å². The molecule has 1 rings (SSSR count). The Morgan fingerprint density at radius 1 is 1.33 bits per heavy atom. The Kier molecular flexibility index (Phi) is 5.16. The molecule has 0 spiro atoms. The SMILES string of the molecule is FCCCN(CCBr)C1CCC1. The van der Waals surface area contributed by atoms with E-state index in [1.165, 1.54) is 19.3 Å². The van der Waals surface area contributed by atoms with E-state index in [4.69, 9.17) is 0 Å². The lowest BCUT2D eigenvalue weighted by Crippen LogP contribution is -2.41. The Labute approximate surface area is 82.4 Å². The fourth-order valence-electron chi connectivity index (χ4n) is 1.60. The summed E-state index contributed by atoms with van der Waals surface area (Å²) in [6.45, 7) is 1.84. The fourth-order valence-corrected chi connectivity index (χ4v) is 2.06. The molecule has 1 nitrogen and oxygen atoms in total. The van der Waals surface area contributed by atoms with Crippen LogP contribution in [0.25, 0.3) is 0 Å². The van der Waals surface area contributed by atoms with Crippen molar-refractivity contribution in [3.63, 3.8) is 0 Å². The Morgan fingerprint density at radius 2 is 2.08 bits per heavy atom. The van der Waals surface area contributed by atoms with Crippen LogP contribution in [0.5, 0.6) is 0 Å². The third kappa shape index (κ3) is 3.02. The van der Waals surface area contributed by atoms with E-state index < -0.39 is 0 Å². The monoisotopic (exact) mass is 237 g/mol. The minimum absolute atomic E-state index is 0.175. The maximum absolute atomic E-state index is 11.9. The molecule has 0 radical (unpaired) electrons. The van der Waals surface area contributed by atoms with Crippen molar-refractivity contribution in [2.24, 2.45) is 0 Å². The van der Waals surface area contributed by atoms with E-state index in [1.807, 2.05) is 0 Å². The Bertz CT molecular complexity index is 117. The molecule has 72 valence electrons. The molecular weight excluding hydrogens is 221 g/mol. The lowest BCUT2D eigenvalue weighted by molar-refractivity contribution is 0.131. The van der Waals surface area contributed by atoms with Crippen molar-refractivity contribution in [3.8, 4) is 0 Å². The molecule has 3 heteroatoms. The van der Waals surface area contributed by atoms with Gasteiger partial charge in [-0.15, -0.1) is 0 Å². The van der Waals surface area contributed by atoms with Crippen LogP contribution in [0.15, 0.2) is 0 Å². The summed E-state index contributed by atoms with van der Waals surface area (Å²) < 4.78 is 11.9. The fraction of sp³-hybridized carbons (Fsp3) is 1.00. The largest absolute Gasteiger partial charge is 0.299 e. The standard InChI is InChI=1S/C9H17BrFN/c10-5-8-12(7-2-6-11)9-3-1-4-9/h9H,1-8H2. The zero-order valence-electron chi connectivity index (χ0n) is 7.44. The van der Waals surface area contributed by atoms with Gasteiger partial charge < -0.3 is 0 Å². The molecular formula is C9H17BrFN. The van der Waals surface area contributed by atoms with Crippen LogP contribution < -0.4 is 0 Å². The van der Waals surface area contributed by atoms with Gasteiger partial charge in [-0.2, -0.15) is 0 Å². The van der Waals surface area contributed by atoms with Crippen LogP contribution in [0.2, 0.25) is 0 Å². The van der Waals surface area contributed by atoms with Crippen LogP contribution in [0, 0.1) is 0 Å². The molecule has 1 saturated carbocycles. The van der Waals surface area contributed by atoms with Crippen LogP contribution in [-0.2, 0) is 0 Å². The lowest BCUT2D eigenvalue weighted by Gasteiger charge is -2.37. The third-order valence-electron chi connectivity index (χ3n) is 2.54. The number of halogens is 2. The first-order valence-electron chi connectivity index (χ1n) is 4.74. The van der Waals surface area contributed by atoms with Crippen LogP contribution >= 0.6 is 15.9 Å². The summed E-state index contributed by atoms with van der Waals surface area (Å²) in [5.41, 5.74) is 0. The summed E-state index contributed by atoms with van der Waals surface area (Å²) >= 11 is 3.43. The number of rotatable bonds is 6. The van der Waals surface area contributed by atoms with Gasteiger partial charge in [0.2, 0.25) is 0 Å². The van der Waals surface area contributed by atoms with E-state index in [0.29, 0.717) is 6.42 Å². The summed E-state index contributed by atoms with van der Waals surface area (Å²) in [6, 6.07) is 0.758. The molecule has 0 saturated heterocycles.